The van der Waals surface area contributed by atoms with Crippen molar-refractivity contribution in [3.8, 4) is 11.1 Å². The monoisotopic (exact) mass is 299 g/mol. The number of aliphatic hydroxyl groups excluding tert-OH is 1. The molecule has 0 aliphatic carbocycles. The average Bonchev–Trinajstić information content (AvgIpc) is 3.04. The van der Waals surface area contributed by atoms with Crippen molar-refractivity contribution >= 4 is 5.91 Å². The van der Waals surface area contributed by atoms with Gasteiger partial charge < -0.3 is 14.4 Å². The van der Waals surface area contributed by atoms with Crippen molar-refractivity contribution in [2.24, 2.45) is 5.92 Å². The zero-order valence-electron chi connectivity index (χ0n) is 12.7. The van der Waals surface area contributed by atoms with Gasteiger partial charge in [-0.15, -0.1) is 0 Å². The molecule has 1 aliphatic rings. The largest absolute Gasteiger partial charge is 0.459 e. The third kappa shape index (κ3) is 2.92. The Kier molecular flexibility index (Phi) is 4.29. The van der Waals surface area contributed by atoms with Crippen LogP contribution in [0.25, 0.3) is 11.1 Å². The fourth-order valence-electron chi connectivity index (χ4n) is 3.05. The summed E-state index contributed by atoms with van der Waals surface area (Å²) < 4.78 is 5.47. The number of furan rings is 1. The van der Waals surface area contributed by atoms with E-state index in [0.29, 0.717) is 18.8 Å². The maximum absolute atomic E-state index is 12.7. The van der Waals surface area contributed by atoms with Crippen LogP contribution in [0.3, 0.4) is 0 Å². The highest BCUT2D eigenvalue weighted by molar-refractivity contribution is 5.98. The minimum absolute atomic E-state index is 0.0621. The lowest BCUT2D eigenvalue weighted by atomic mass is 9.92. The van der Waals surface area contributed by atoms with Gasteiger partial charge in [-0.25, -0.2) is 0 Å². The first kappa shape index (κ1) is 14.9. The number of piperidine rings is 1. The molecule has 0 bridgehead atoms. The second-order valence-corrected chi connectivity index (χ2v) is 5.90. The fraction of sp³-hybridized carbons (Fsp3) is 0.389. The van der Waals surface area contributed by atoms with Gasteiger partial charge in [-0.3, -0.25) is 4.79 Å². The Bertz CT molecular complexity index is 625. The highest BCUT2D eigenvalue weighted by atomic mass is 16.3. The van der Waals surface area contributed by atoms with Gasteiger partial charge in [-0.05, 0) is 37.3 Å². The van der Waals surface area contributed by atoms with Gasteiger partial charge in [-0.2, -0.15) is 0 Å². The molecule has 4 nitrogen and oxygen atoms in total. The van der Waals surface area contributed by atoms with E-state index in [-0.39, 0.29) is 17.9 Å². The summed E-state index contributed by atoms with van der Waals surface area (Å²) in [5.41, 5.74) is 1.82. The molecular formula is C18H21NO3. The summed E-state index contributed by atoms with van der Waals surface area (Å²) in [7, 11) is 0. The minimum Gasteiger partial charge on any atom is -0.459 e. The van der Waals surface area contributed by atoms with E-state index in [2.05, 4.69) is 0 Å². The van der Waals surface area contributed by atoms with Crippen molar-refractivity contribution in [2.75, 3.05) is 13.1 Å². The zero-order chi connectivity index (χ0) is 15.5. The molecular weight excluding hydrogens is 278 g/mol. The van der Waals surface area contributed by atoms with Crippen LogP contribution in [0, 0.1) is 5.92 Å². The topological polar surface area (TPSA) is 53.7 Å². The van der Waals surface area contributed by atoms with Crippen molar-refractivity contribution < 1.29 is 14.3 Å². The van der Waals surface area contributed by atoms with Gasteiger partial charge in [0.1, 0.15) is 0 Å². The normalized spacial score (nSPS) is 17.5. The first-order chi connectivity index (χ1) is 10.7. The summed E-state index contributed by atoms with van der Waals surface area (Å²) in [5.74, 6) is 0.629. The Morgan fingerprint density at radius 2 is 1.91 bits per heavy atom. The van der Waals surface area contributed by atoms with E-state index < -0.39 is 0 Å². The third-order valence-corrected chi connectivity index (χ3v) is 4.45. The lowest BCUT2D eigenvalue weighted by Crippen LogP contribution is -2.40. The van der Waals surface area contributed by atoms with Crippen LogP contribution in [0.4, 0.5) is 0 Å². The number of nitrogens with zero attached hydrogens (tertiary/aromatic N) is 1. The molecule has 1 unspecified atom stereocenters. The quantitative estimate of drug-likeness (QED) is 0.947. The van der Waals surface area contributed by atoms with Crippen LogP contribution in [0.5, 0.6) is 0 Å². The highest BCUT2D eigenvalue weighted by Crippen LogP contribution is 2.28. The predicted octanol–water partition coefficient (Wildman–Crippen LogP) is 3.18. The van der Waals surface area contributed by atoms with Crippen molar-refractivity contribution in [3.63, 3.8) is 0 Å². The smallest absolute Gasteiger partial charge is 0.290 e. The molecule has 1 atom stereocenters. The molecule has 1 fully saturated rings. The van der Waals surface area contributed by atoms with Crippen LogP contribution < -0.4 is 0 Å². The number of amides is 1. The lowest BCUT2D eigenvalue weighted by molar-refractivity contribution is 0.0499. The summed E-state index contributed by atoms with van der Waals surface area (Å²) in [4.78, 5) is 14.5. The number of likely N-dealkylation sites (tertiary alicyclic amines) is 1. The van der Waals surface area contributed by atoms with Crippen LogP contribution in [-0.2, 0) is 0 Å². The van der Waals surface area contributed by atoms with Crippen LogP contribution in [-0.4, -0.2) is 35.1 Å². The second-order valence-electron chi connectivity index (χ2n) is 5.90. The summed E-state index contributed by atoms with van der Waals surface area (Å²) in [6.07, 6.45) is 2.94. The molecule has 0 radical (unpaired) electrons. The number of carbonyl (C=O) groups is 1. The van der Waals surface area contributed by atoms with Crippen molar-refractivity contribution in [3.05, 3.63) is 48.4 Å². The highest BCUT2D eigenvalue weighted by Gasteiger charge is 2.28. The summed E-state index contributed by atoms with van der Waals surface area (Å²) in [6.45, 7) is 3.16. The van der Waals surface area contributed by atoms with Gasteiger partial charge in [-0.1, -0.05) is 30.3 Å². The van der Waals surface area contributed by atoms with E-state index in [1.165, 1.54) is 0 Å². The Balaban J connectivity index is 1.76. The molecule has 4 heteroatoms. The Morgan fingerprint density at radius 3 is 2.55 bits per heavy atom. The Morgan fingerprint density at radius 1 is 1.23 bits per heavy atom. The third-order valence-electron chi connectivity index (χ3n) is 4.45. The molecule has 1 amide bonds. The van der Waals surface area contributed by atoms with E-state index >= 15 is 0 Å². The number of hydrogen-bond acceptors (Lipinski definition) is 3. The molecule has 3 rings (SSSR count). The number of rotatable bonds is 3. The number of benzene rings is 1. The van der Waals surface area contributed by atoms with Gasteiger partial charge in [0, 0.05) is 18.7 Å². The molecule has 1 saturated heterocycles. The van der Waals surface area contributed by atoms with Crippen LogP contribution in [0.15, 0.2) is 47.1 Å². The molecule has 1 aliphatic heterocycles. The first-order valence-electron chi connectivity index (χ1n) is 7.77. The van der Waals surface area contributed by atoms with E-state index in [1.54, 1.807) is 6.26 Å². The molecule has 0 saturated carbocycles. The Hall–Kier alpha value is -2.07. The fourth-order valence-corrected chi connectivity index (χ4v) is 3.05. The van der Waals surface area contributed by atoms with Gasteiger partial charge >= 0.3 is 0 Å². The second kappa shape index (κ2) is 6.36. The van der Waals surface area contributed by atoms with Gasteiger partial charge in [0.15, 0.2) is 5.76 Å². The van der Waals surface area contributed by atoms with Gasteiger partial charge in [0.05, 0.1) is 12.4 Å². The van der Waals surface area contributed by atoms with Crippen LogP contribution in [0.2, 0.25) is 0 Å². The number of aliphatic hydroxyl groups is 1. The SMILES string of the molecule is CC(O)C1CCN(C(=O)c2occc2-c2ccccc2)CC1. The molecule has 22 heavy (non-hydrogen) atoms. The molecule has 2 heterocycles. The molecule has 2 aromatic rings. The van der Waals surface area contributed by atoms with Crippen LogP contribution >= 0.6 is 0 Å². The molecule has 116 valence electrons. The van der Waals surface area contributed by atoms with Gasteiger partial charge in [0.2, 0.25) is 0 Å². The van der Waals surface area contributed by atoms with E-state index in [0.717, 1.165) is 24.0 Å². The standard InChI is InChI=1S/C18H21NO3/c1-13(20)14-7-10-19(11-8-14)18(21)17-16(9-12-22-17)15-5-3-2-4-6-15/h2-6,9,12-14,20H,7-8,10-11H2,1H3. The summed E-state index contributed by atoms with van der Waals surface area (Å²) >= 11 is 0. The maximum atomic E-state index is 12.7. The minimum atomic E-state index is -0.305. The predicted molar refractivity (Wildman–Crippen MR) is 84.5 cm³/mol. The molecule has 1 aromatic heterocycles. The number of hydrogen-bond donors (Lipinski definition) is 1. The van der Waals surface area contributed by atoms with E-state index in [4.69, 9.17) is 4.42 Å². The van der Waals surface area contributed by atoms with E-state index in [1.807, 2.05) is 48.2 Å². The Labute approximate surface area is 130 Å². The van der Waals surface area contributed by atoms with Gasteiger partial charge in [0.25, 0.3) is 5.91 Å². The van der Waals surface area contributed by atoms with Crippen LogP contribution in [0.1, 0.15) is 30.3 Å². The number of carbonyl (C=O) groups excluding carboxylic acids is 1. The molecule has 1 N–H and O–H groups in total. The first-order valence-corrected chi connectivity index (χ1v) is 7.77. The van der Waals surface area contributed by atoms with E-state index in [9.17, 15) is 9.90 Å². The van der Waals surface area contributed by atoms with Crippen molar-refractivity contribution in [2.45, 2.75) is 25.9 Å². The van der Waals surface area contributed by atoms with Crippen molar-refractivity contribution in [1.29, 1.82) is 0 Å². The van der Waals surface area contributed by atoms with Crippen molar-refractivity contribution in [1.82, 2.24) is 4.90 Å². The zero-order valence-corrected chi connectivity index (χ0v) is 12.7. The maximum Gasteiger partial charge on any atom is 0.290 e. The molecule has 1 aromatic carbocycles. The molecule has 0 spiro atoms. The lowest BCUT2D eigenvalue weighted by Gasteiger charge is -2.32. The summed E-state index contributed by atoms with van der Waals surface area (Å²) in [5, 5.41) is 9.66. The average molecular weight is 299 g/mol. The summed E-state index contributed by atoms with van der Waals surface area (Å²) in [6, 6.07) is 11.6.